The normalized spacial score (nSPS) is 10.4. The van der Waals surface area contributed by atoms with E-state index in [1.54, 1.807) is 18.2 Å². The SMILES string of the molecule is CCOc1ccc(-c2cc(N)on2)cc1Cl. The number of hydrogen-bond acceptors (Lipinski definition) is 4. The molecule has 4 nitrogen and oxygen atoms in total. The van der Waals surface area contributed by atoms with Crippen LogP contribution in [-0.4, -0.2) is 11.8 Å². The van der Waals surface area contributed by atoms with Gasteiger partial charge in [0.05, 0.1) is 11.6 Å². The van der Waals surface area contributed by atoms with Crippen molar-refractivity contribution in [2.75, 3.05) is 12.3 Å². The van der Waals surface area contributed by atoms with Crippen molar-refractivity contribution in [1.82, 2.24) is 5.16 Å². The van der Waals surface area contributed by atoms with Crippen LogP contribution in [0.2, 0.25) is 5.02 Å². The summed E-state index contributed by atoms with van der Waals surface area (Å²) in [7, 11) is 0. The zero-order chi connectivity index (χ0) is 11.5. The fourth-order valence-electron chi connectivity index (χ4n) is 1.36. The second-order valence-corrected chi connectivity index (χ2v) is 3.60. The molecule has 5 heteroatoms. The van der Waals surface area contributed by atoms with Crippen LogP contribution in [-0.2, 0) is 0 Å². The quantitative estimate of drug-likeness (QED) is 0.893. The second-order valence-electron chi connectivity index (χ2n) is 3.19. The molecule has 0 unspecified atom stereocenters. The lowest BCUT2D eigenvalue weighted by atomic mass is 10.1. The molecule has 1 aromatic heterocycles. The molecular formula is C11H11ClN2O2. The van der Waals surface area contributed by atoms with Gasteiger partial charge in [-0.15, -0.1) is 0 Å². The molecule has 84 valence electrons. The first-order valence-electron chi connectivity index (χ1n) is 4.85. The molecule has 0 fully saturated rings. The first kappa shape index (κ1) is 10.8. The number of halogens is 1. The molecule has 2 aromatic rings. The molecule has 0 aliphatic rings. The van der Waals surface area contributed by atoms with Gasteiger partial charge >= 0.3 is 0 Å². The molecule has 0 spiro atoms. The van der Waals surface area contributed by atoms with Gasteiger partial charge in [0.15, 0.2) is 0 Å². The van der Waals surface area contributed by atoms with Crippen LogP contribution in [0.15, 0.2) is 28.8 Å². The second kappa shape index (κ2) is 4.45. The molecular weight excluding hydrogens is 228 g/mol. The summed E-state index contributed by atoms with van der Waals surface area (Å²) in [4.78, 5) is 0. The Kier molecular flexibility index (Phi) is 3.01. The van der Waals surface area contributed by atoms with Crippen LogP contribution in [0.1, 0.15) is 6.92 Å². The van der Waals surface area contributed by atoms with Crippen LogP contribution >= 0.6 is 11.6 Å². The molecule has 2 N–H and O–H groups in total. The Bertz CT molecular complexity index is 496. The van der Waals surface area contributed by atoms with Gasteiger partial charge in [-0.25, -0.2) is 0 Å². The average Bonchev–Trinajstić information content (AvgIpc) is 2.68. The van der Waals surface area contributed by atoms with Gasteiger partial charge in [-0.3, -0.25) is 0 Å². The van der Waals surface area contributed by atoms with Crippen LogP contribution in [0.25, 0.3) is 11.3 Å². The van der Waals surface area contributed by atoms with Crippen molar-refractivity contribution < 1.29 is 9.26 Å². The van der Waals surface area contributed by atoms with Crippen molar-refractivity contribution in [2.24, 2.45) is 0 Å². The van der Waals surface area contributed by atoms with Gasteiger partial charge in [0.25, 0.3) is 0 Å². The number of benzene rings is 1. The number of nitrogen functional groups attached to an aromatic ring is 1. The van der Waals surface area contributed by atoms with Gasteiger partial charge in [0, 0.05) is 11.6 Å². The molecule has 1 heterocycles. The zero-order valence-corrected chi connectivity index (χ0v) is 9.49. The zero-order valence-electron chi connectivity index (χ0n) is 8.74. The first-order chi connectivity index (χ1) is 7.70. The van der Waals surface area contributed by atoms with E-state index in [1.807, 2.05) is 13.0 Å². The molecule has 0 saturated carbocycles. The van der Waals surface area contributed by atoms with E-state index in [0.29, 0.717) is 23.1 Å². The van der Waals surface area contributed by atoms with Gasteiger partial charge in [-0.2, -0.15) is 0 Å². The Morgan fingerprint density at radius 1 is 1.44 bits per heavy atom. The molecule has 2 rings (SSSR count). The summed E-state index contributed by atoms with van der Waals surface area (Å²) < 4.78 is 10.1. The topological polar surface area (TPSA) is 61.3 Å². The lowest BCUT2D eigenvalue weighted by molar-refractivity contribution is 0.340. The van der Waals surface area contributed by atoms with Crippen LogP contribution < -0.4 is 10.5 Å². The largest absolute Gasteiger partial charge is 0.492 e. The minimum absolute atomic E-state index is 0.278. The smallest absolute Gasteiger partial charge is 0.222 e. The minimum atomic E-state index is 0.278. The Labute approximate surface area is 97.9 Å². The van der Waals surface area contributed by atoms with E-state index in [9.17, 15) is 0 Å². The lowest BCUT2D eigenvalue weighted by Crippen LogP contribution is -1.92. The van der Waals surface area contributed by atoms with Crippen molar-refractivity contribution in [1.29, 1.82) is 0 Å². The van der Waals surface area contributed by atoms with E-state index in [0.717, 1.165) is 5.56 Å². The third-order valence-corrected chi connectivity index (χ3v) is 2.35. The van der Waals surface area contributed by atoms with E-state index < -0.39 is 0 Å². The molecule has 0 aliphatic heterocycles. The Morgan fingerprint density at radius 2 is 2.25 bits per heavy atom. The molecule has 1 aromatic carbocycles. The van der Waals surface area contributed by atoms with Gasteiger partial charge in [0.2, 0.25) is 5.88 Å². The molecule has 0 saturated heterocycles. The predicted octanol–water partition coefficient (Wildman–Crippen LogP) is 2.98. The van der Waals surface area contributed by atoms with Crippen molar-refractivity contribution in [3.63, 3.8) is 0 Å². The van der Waals surface area contributed by atoms with Crippen molar-refractivity contribution in [3.05, 3.63) is 29.3 Å². The maximum atomic E-state index is 6.05. The van der Waals surface area contributed by atoms with E-state index in [-0.39, 0.29) is 5.88 Å². The van der Waals surface area contributed by atoms with Crippen molar-refractivity contribution in [3.8, 4) is 17.0 Å². The maximum absolute atomic E-state index is 6.05. The highest BCUT2D eigenvalue weighted by atomic mass is 35.5. The fourth-order valence-corrected chi connectivity index (χ4v) is 1.59. The Morgan fingerprint density at radius 3 is 2.81 bits per heavy atom. The van der Waals surface area contributed by atoms with Gasteiger partial charge in [-0.05, 0) is 25.1 Å². The number of hydrogen-bond donors (Lipinski definition) is 1. The van der Waals surface area contributed by atoms with Gasteiger partial charge < -0.3 is 15.0 Å². The number of aromatic nitrogens is 1. The number of anilines is 1. The Hall–Kier alpha value is -1.68. The van der Waals surface area contributed by atoms with E-state index in [1.165, 1.54) is 0 Å². The Balaban J connectivity index is 2.34. The molecule has 0 amide bonds. The van der Waals surface area contributed by atoms with Crippen LogP contribution in [0.4, 0.5) is 5.88 Å². The number of nitrogens with zero attached hydrogens (tertiary/aromatic N) is 1. The first-order valence-corrected chi connectivity index (χ1v) is 5.23. The summed E-state index contributed by atoms with van der Waals surface area (Å²) in [5.74, 6) is 0.935. The lowest BCUT2D eigenvalue weighted by Gasteiger charge is -2.05. The van der Waals surface area contributed by atoms with Crippen molar-refractivity contribution in [2.45, 2.75) is 6.92 Å². The molecule has 16 heavy (non-hydrogen) atoms. The monoisotopic (exact) mass is 238 g/mol. The van der Waals surface area contributed by atoms with Gasteiger partial charge in [-0.1, -0.05) is 16.8 Å². The highest BCUT2D eigenvalue weighted by Crippen LogP contribution is 2.30. The van der Waals surface area contributed by atoms with Crippen LogP contribution in [0.5, 0.6) is 5.75 Å². The summed E-state index contributed by atoms with van der Waals surface area (Å²) in [6, 6.07) is 7.07. The third kappa shape index (κ3) is 2.12. The standard InChI is InChI=1S/C11H11ClN2O2/c1-2-15-10-4-3-7(5-8(10)12)9-6-11(13)16-14-9/h3-6H,2,13H2,1H3. The molecule has 0 radical (unpaired) electrons. The molecule has 0 aliphatic carbocycles. The number of rotatable bonds is 3. The summed E-state index contributed by atoms with van der Waals surface area (Å²) in [5, 5.41) is 4.35. The van der Waals surface area contributed by atoms with Crippen LogP contribution in [0, 0.1) is 0 Å². The van der Waals surface area contributed by atoms with E-state index in [2.05, 4.69) is 5.16 Å². The predicted molar refractivity (Wildman–Crippen MR) is 62.5 cm³/mol. The third-order valence-electron chi connectivity index (χ3n) is 2.06. The summed E-state index contributed by atoms with van der Waals surface area (Å²) >= 11 is 6.05. The van der Waals surface area contributed by atoms with E-state index >= 15 is 0 Å². The highest BCUT2D eigenvalue weighted by Gasteiger charge is 2.07. The highest BCUT2D eigenvalue weighted by molar-refractivity contribution is 6.32. The average molecular weight is 239 g/mol. The fraction of sp³-hybridized carbons (Fsp3) is 0.182. The minimum Gasteiger partial charge on any atom is -0.492 e. The number of ether oxygens (including phenoxy) is 1. The maximum Gasteiger partial charge on any atom is 0.222 e. The molecule has 0 atom stereocenters. The molecule has 0 bridgehead atoms. The van der Waals surface area contributed by atoms with E-state index in [4.69, 9.17) is 26.6 Å². The summed E-state index contributed by atoms with van der Waals surface area (Å²) in [6.07, 6.45) is 0. The summed E-state index contributed by atoms with van der Waals surface area (Å²) in [5.41, 5.74) is 6.94. The van der Waals surface area contributed by atoms with Crippen molar-refractivity contribution >= 4 is 17.5 Å². The number of nitrogens with two attached hydrogens (primary N) is 1. The van der Waals surface area contributed by atoms with Crippen LogP contribution in [0.3, 0.4) is 0 Å². The van der Waals surface area contributed by atoms with Gasteiger partial charge in [0.1, 0.15) is 11.4 Å². The summed E-state index contributed by atoms with van der Waals surface area (Å²) in [6.45, 7) is 2.48.